The van der Waals surface area contributed by atoms with Gasteiger partial charge < -0.3 is 25.4 Å². The van der Waals surface area contributed by atoms with Crippen LogP contribution in [0.5, 0.6) is 17.4 Å². The maximum absolute atomic E-state index is 11.7. The van der Waals surface area contributed by atoms with E-state index in [1.54, 1.807) is 6.20 Å². The number of hydrogen-bond donors (Lipinski definition) is 3. The van der Waals surface area contributed by atoms with Gasteiger partial charge in [0, 0.05) is 37.8 Å². The van der Waals surface area contributed by atoms with Gasteiger partial charge in [0.2, 0.25) is 11.8 Å². The number of amides is 1. The van der Waals surface area contributed by atoms with Gasteiger partial charge in [-0.3, -0.25) is 4.79 Å². The highest BCUT2D eigenvalue weighted by atomic mass is 127. The minimum absolute atomic E-state index is 0. The van der Waals surface area contributed by atoms with Crippen molar-refractivity contribution in [1.82, 2.24) is 20.9 Å². The molecular weight excluding hydrogens is 521 g/mol. The number of aromatic nitrogens is 1. The molecule has 1 aromatic carbocycles. The van der Waals surface area contributed by atoms with Gasteiger partial charge in [0.25, 0.3) is 0 Å². The molecule has 1 amide bonds. The molecule has 0 spiro atoms. The van der Waals surface area contributed by atoms with E-state index >= 15 is 0 Å². The average molecular weight is 553 g/mol. The van der Waals surface area contributed by atoms with Gasteiger partial charge in [0.1, 0.15) is 0 Å². The molecule has 1 aliphatic carbocycles. The lowest BCUT2D eigenvalue weighted by Gasteiger charge is -2.12. The first-order chi connectivity index (χ1) is 15.2. The van der Waals surface area contributed by atoms with Crippen molar-refractivity contribution in [2.45, 2.75) is 33.2 Å². The number of nitrogens with one attached hydrogen (secondary N) is 3. The lowest BCUT2D eigenvalue weighted by Crippen LogP contribution is -2.41. The molecule has 3 rings (SSSR count). The molecule has 1 saturated carbocycles. The molecule has 0 bridgehead atoms. The number of benzene rings is 1. The summed E-state index contributed by atoms with van der Waals surface area (Å²) in [5, 5.41) is 9.38. The van der Waals surface area contributed by atoms with E-state index in [1.807, 2.05) is 50.2 Å². The molecule has 8 nitrogen and oxygen atoms in total. The van der Waals surface area contributed by atoms with Gasteiger partial charge in [-0.15, -0.1) is 24.0 Å². The van der Waals surface area contributed by atoms with Crippen LogP contribution in [0.4, 0.5) is 0 Å². The van der Waals surface area contributed by atoms with Crippen LogP contribution >= 0.6 is 24.0 Å². The van der Waals surface area contributed by atoms with E-state index in [0.717, 1.165) is 24.9 Å². The Bertz CT molecular complexity index is 872. The zero-order valence-electron chi connectivity index (χ0n) is 18.6. The number of carbonyl (C=O) groups is 1. The maximum Gasteiger partial charge on any atom is 0.223 e. The third kappa shape index (κ3) is 8.52. The molecule has 0 atom stereocenters. The molecule has 9 heteroatoms. The lowest BCUT2D eigenvalue weighted by molar-refractivity contribution is -0.122. The van der Waals surface area contributed by atoms with Crippen LogP contribution < -0.4 is 25.4 Å². The van der Waals surface area contributed by atoms with E-state index < -0.39 is 0 Å². The highest BCUT2D eigenvalue weighted by molar-refractivity contribution is 14.0. The average Bonchev–Trinajstić information content (AvgIpc) is 3.63. The van der Waals surface area contributed by atoms with E-state index in [2.05, 4.69) is 25.9 Å². The lowest BCUT2D eigenvalue weighted by atomic mass is 10.3. The number of carbonyl (C=O) groups excluding carboxylic acids is 1. The van der Waals surface area contributed by atoms with E-state index in [4.69, 9.17) is 9.47 Å². The van der Waals surface area contributed by atoms with Crippen molar-refractivity contribution < 1.29 is 14.3 Å². The number of pyridine rings is 1. The number of guanidine groups is 1. The Labute approximate surface area is 206 Å². The summed E-state index contributed by atoms with van der Waals surface area (Å²) >= 11 is 0. The maximum atomic E-state index is 11.7. The first-order valence-electron chi connectivity index (χ1n) is 10.8. The summed E-state index contributed by atoms with van der Waals surface area (Å²) in [6.45, 7) is 6.95. The molecule has 2 aromatic rings. The smallest absolute Gasteiger partial charge is 0.223 e. The third-order valence-electron chi connectivity index (χ3n) is 4.59. The highest BCUT2D eigenvalue weighted by Crippen LogP contribution is 2.30. The van der Waals surface area contributed by atoms with Gasteiger partial charge in [-0.2, -0.15) is 0 Å². The van der Waals surface area contributed by atoms with Gasteiger partial charge in [0.05, 0.1) is 13.2 Å². The van der Waals surface area contributed by atoms with Crippen molar-refractivity contribution >= 4 is 35.8 Å². The molecule has 32 heavy (non-hydrogen) atoms. The summed E-state index contributed by atoms with van der Waals surface area (Å²) < 4.78 is 11.4. The minimum atomic E-state index is 0. The van der Waals surface area contributed by atoms with Gasteiger partial charge in [-0.1, -0.05) is 18.2 Å². The van der Waals surface area contributed by atoms with Crippen LogP contribution in [0.25, 0.3) is 0 Å². The Kier molecular flexibility index (Phi) is 11.1. The zero-order valence-corrected chi connectivity index (χ0v) is 20.9. The molecule has 3 N–H and O–H groups in total. The second-order valence-electron chi connectivity index (χ2n) is 7.17. The van der Waals surface area contributed by atoms with Crippen LogP contribution in [0.3, 0.4) is 0 Å². The molecule has 1 fully saturated rings. The molecular formula is C23H32IN5O3. The fourth-order valence-electron chi connectivity index (χ4n) is 2.86. The Morgan fingerprint density at radius 3 is 2.47 bits per heavy atom. The summed E-state index contributed by atoms with van der Waals surface area (Å²) in [4.78, 5) is 20.6. The number of nitrogens with zero attached hydrogens (tertiary/aromatic N) is 2. The van der Waals surface area contributed by atoms with Gasteiger partial charge in [0.15, 0.2) is 17.5 Å². The predicted molar refractivity (Wildman–Crippen MR) is 136 cm³/mol. The van der Waals surface area contributed by atoms with E-state index in [9.17, 15) is 4.79 Å². The first-order valence-corrected chi connectivity index (χ1v) is 10.8. The normalized spacial score (nSPS) is 13.0. The zero-order chi connectivity index (χ0) is 21.9. The van der Waals surface area contributed by atoms with Crippen molar-refractivity contribution in [3.05, 3.63) is 48.2 Å². The second kappa shape index (κ2) is 13.8. The van der Waals surface area contributed by atoms with Crippen LogP contribution in [0.1, 0.15) is 32.3 Å². The van der Waals surface area contributed by atoms with Crippen molar-refractivity contribution in [2.75, 3.05) is 26.2 Å². The standard InChI is InChI=1S/C23H31N5O3.HI/c1-3-24-23(26-14-13-25-22(29)18-10-11-18)28-16-17-9-12-21(27-15-17)31-20-8-6-5-7-19(20)30-4-2;/h5-9,12,15,18H,3-4,10-11,13-14,16H2,1-2H3,(H,25,29)(H2,24,26,28);1H. The molecule has 174 valence electrons. The Morgan fingerprint density at radius 1 is 1.06 bits per heavy atom. The minimum Gasteiger partial charge on any atom is -0.490 e. The number of para-hydroxylation sites is 2. The van der Waals surface area contributed by atoms with Crippen LogP contribution in [0.15, 0.2) is 47.6 Å². The Morgan fingerprint density at radius 2 is 1.81 bits per heavy atom. The van der Waals surface area contributed by atoms with E-state index in [0.29, 0.717) is 49.6 Å². The van der Waals surface area contributed by atoms with Crippen LogP contribution in [-0.4, -0.2) is 43.1 Å². The van der Waals surface area contributed by atoms with Crippen molar-refractivity contribution in [2.24, 2.45) is 10.9 Å². The summed E-state index contributed by atoms with van der Waals surface area (Å²) in [5.41, 5.74) is 0.963. The molecule has 0 radical (unpaired) electrons. The fourth-order valence-corrected chi connectivity index (χ4v) is 2.86. The number of ether oxygens (including phenoxy) is 2. The first kappa shape index (κ1) is 25.7. The monoisotopic (exact) mass is 553 g/mol. The number of hydrogen-bond acceptors (Lipinski definition) is 5. The topological polar surface area (TPSA) is 96.9 Å². The molecule has 0 aliphatic heterocycles. The molecule has 0 saturated heterocycles. The van der Waals surface area contributed by atoms with Gasteiger partial charge in [-0.25, -0.2) is 9.98 Å². The quantitative estimate of drug-likeness (QED) is 0.171. The third-order valence-corrected chi connectivity index (χ3v) is 4.59. The summed E-state index contributed by atoms with van der Waals surface area (Å²) in [6, 6.07) is 11.3. The second-order valence-corrected chi connectivity index (χ2v) is 7.17. The fraction of sp³-hybridized carbons (Fsp3) is 0.435. The molecule has 0 unspecified atom stereocenters. The largest absolute Gasteiger partial charge is 0.490 e. The molecule has 1 heterocycles. The van der Waals surface area contributed by atoms with Crippen molar-refractivity contribution in [3.63, 3.8) is 0 Å². The van der Waals surface area contributed by atoms with Crippen LogP contribution in [0.2, 0.25) is 0 Å². The van der Waals surface area contributed by atoms with Gasteiger partial charge in [-0.05, 0) is 44.4 Å². The predicted octanol–water partition coefficient (Wildman–Crippen LogP) is 3.47. The molecule has 1 aromatic heterocycles. The van der Waals surface area contributed by atoms with E-state index in [-0.39, 0.29) is 35.8 Å². The number of halogens is 1. The SMILES string of the molecule is CCNC(=NCc1ccc(Oc2ccccc2OCC)nc1)NCCNC(=O)C1CC1.I. The van der Waals surface area contributed by atoms with E-state index in [1.165, 1.54) is 0 Å². The van der Waals surface area contributed by atoms with Crippen molar-refractivity contribution in [1.29, 1.82) is 0 Å². The highest BCUT2D eigenvalue weighted by Gasteiger charge is 2.28. The Hall–Kier alpha value is -2.56. The summed E-state index contributed by atoms with van der Waals surface area (Å²) in [7, 11) is 0. The summed E-state index contributed by atoms with van der Waals surface area (Å²) in [6.07, 6.45) is 3.78. The number of rotatable bonds is 11. The molecule has 1 aliphatic rings. The number of aliphatic imine (C=N–C) groups is 1. The van der Waals surface area contributed by atoms with Crippen LogP contribution in [0, 0.1) is 5.92 Å². The summed E-state index contributed by atoms with van der Waals surface area (Å²) in [5.74, 6) is 2.91. The van der Waals surface area contributed by atoms with Crippen LogP contribution in [-0.2, 0) is 11.3 Å². The van der Waals surface area contributed by atoms with Crippen molar-refractivity contribution in [3.8, 4) is 17.4 Å². The Balaban J connectivity index is 0.00000363. The van der Waals surface area contributed by atoms with Gasteiger partial charge >= 0.3 is 0 Å².